The highest BCUT2D eigenvalue weighted by Crippen LogP contribution is 1.99. The number of hydrogen-bond donors (Lipinski definition) is 1. The lowest BCUT2D eigenvalue weighted by Gasteiger charge is -2.15. The molecule has 0 aliphatic carbocycles. The number of nitrogens with zero attached hydrogens (tertiary/aromatic N) is 1. The molecule has 0 atom stereocenters. The zero-order valence-corrected chi connectivity index (χ0v) is 10.0. The fourth-order valence-electron chi connectivity index (χ4n) is 1.31. The van der Waals surface area contributed by atoms with Gasteiger partial charge in [0, 0.05) is 33.0 Å². The van der Waals surface area contributed by atoms with Crippen LogP contribution in [0.25, 0.3) is 0 Å². The molecule has 0 radical (unpaired) electrons. The molecule has 15 heavy (non-hydrogen) atoms. The molecule has 0 unspecified atom stereocenters. The third-order valence-corrected chi connectivity index (χ3v) is 2.25. The standard InChI is InChI=1S/C11H22N2O2/c1-4-11(15)13(3)9-7-6-8-10(14)12-5-2/h4-9H2,1-3H3,(H,12,14). The van der Waals surface area contributed by atoms with Crippen molar-refractivity contribution in [1.29, 1.82) is 0 Å². The van der Waals surface area contributed by atoms with Gasteiger partial charge in [-0.25, -0.2) is 0 Å². The Morgan fingerprint density at radius 2 is 1.87 bits per heavy atom. The summed E-state index contributed by atoms with van der Waals surface area (Å²) in [4.78, 5) is 24.0. The van der Waals surface area contributed by atoms with Crippen molar-refractivity contribution in [2.45, 2.75) is 39.5 Å². The minimum Gasteiger partial charge on any atom is -0.356 e. The minimum atomic E-state index is 0.0990. The van der Waals surface area contributed by atoms with E-state index in [1.807, 2.05) is 13.8 Å². The number of carbonyl (C=O) groups excluding carboxylic acids is 2. The van der Waals surface area contributed by atoms with E-state index in [1.165, 1.54) is 0 Å². The van der Waals surface area contributed by atoms with E-state index in [2.05, 4.69) is 5.32 Å². The molecule has 0 aromatic rings. The van der Waals surface area contributed by atoms with Crippen molar-refractivity contribution in [3.05, 3.63) is 0 Å². The van der Waals surface area contributed by atoms with Crippen molar-refractivity contribution >= 4 is 11.8 Å². The number of hydrogen-bond acceptors (Lipinski definition) is 2. The Balaban J connectivity index is 3.46. The molecular formula is C11H22N2O2. The highest BCUT2D eigenvalue weighted by molar-refractivity contribution is 5.76. The molecule has 0 heterocycles. The largest absolute Gasteiger partial charge is 0.356 e. The smallest absolute Gasteiger partial charge is 0.222 e. The highest BCUT2D eigenvalue weighted by atomic mass is 16.2. The van der Waals surface area contributed by atoms with Crippen molar-refractivity contribution in [3.8, 4) is 0 Å². The van der Waals surface area contributed by atoms with Gasteiger partial charge < -0.3 is 10.2 Å². The van der Waals surface area contributed by atoms with Crippen LogP contribution in [-0.2, 0) is 9.59 Å². The van der Waals surface area contributed by atoms with Gasteiger partial charge in [0.15, 0.2) is 0 Å². The van der Waals surface area contributed by atoms with E-state index >= 15 is 0 Å². The summed E-state index contributed by atoms with van der Waals surface area (Å²) in [6.45, 7) is 5.19. The fraction of sp³-hybridized carbons (Fsp3) is 0.818. The molecule has 0 spiro atoms. The molecular weight excluding hydrogens is 192 g/mol. The first kappa shape index (κ1) is 13.9. The zero-order valence-electron chi connectivity index (χ0n) is 10.0. The van der Waals surface area contributed by atoms with E-state index in [1.54, 1.807) is 11.9 Å². The van der Waals surface area contributed by atoms with E-state index in [0.29, 0.717) is 19.4 Å². The molecule has 1 N–H and O–H groups in total. The number of nitrogens with one attached hydrogen (secondary N) is 1. The molecule has 4 heteroatoms. The topological polar surface area (TPSA) is 49.4 Å². The van der Waals surface area contributed by atoms with Gasteiger partial charge in [-0.05, 0) is 19.8 Å². The summed E-state index contributed by atoms with van der Waals surface area (Å²) in [5, 5.41) is 2.75. The van der Waals surface area contributed by atoms with Crippen molar-refractivity contribution < 1.29 is 9.59 Å². The predicted molar refractivity (Wildman–Crippen MR) is 60.5 cm³/mol. The molecule has 88 valence electrons. The SMILES string of the molecule is CCNC(=O)CCCCN(C)C(=O)CC. The molecule has 0 aliphatic rings. The molecule has 0 saturated carbocycles. The van der Waals surface area contributed by atoms with Crippen LogP contribution >= 0.6 is 0 Å². The van der Waals surface area contributed by atoms with Gasteiger partial charge in [-0.1, -0.05) is 6.92 Å². The maximum absolute atomic E-state index is 11.2. The molecule has 0 rings (SSSR count). The van der Waals surface area contributed by atoms with Gasteiger partial charge in [0.1, 0.15) is 0 Å². The summed E-state index contributed by atoms with van der Waals surface area (Å²) in [6.07, 6.45) is 2.83. The van der Waals surface area contributed by atoms with E-state index in [9.17, 15) is 9.59 Å². The van der Waals surface area contributed by atoms with Crippen molar-refractivity contribution in [2.75, 3.05) is 20.1 Å². The third-order valence-electron chi connectivity index (χ3n) is 2.25. The van der Waals surface area contributed by atoms with Crippen LogP contribution < -0.4 is 5.32 Å². The van der Waals surface area contributed by atoms with E-state index in [4.69, 9.17) is 0 Å². The second-order valence-corrected chi connectivity index (χ2v) is 3.58. The van der Waals surface area contributed by atoms with Crippen LogP contribution in [0, 0.1) is 0 Å². The van der Waals surface area contributed by atoms with E-state index < -0.39 is 0 Å². The Kier molecular flexibility index (Phi) is 7.68. The first-order valence-electron chi connectivity index (χ1n) is 5.62. The number of carbonyl (C=O) groups is 2. The normalized spacial score (nSPS) is 9.80. The van der Waals surface area contributed by atoms with Gasteiger partial charge >= 0.3 is 0 Å². The van der Waals surface area contributed by atoms with Gasteiger partial charge in [-0.2, -0.15) is 0 Å². The van der Waals surface area contributed by atoms with Gasteiger partial charge in [-0.15, -0.1) is 0 Å². The van der Waals surface area contributed by atoms with Crippen LogP contribution in [0.5, 0.6) is 0 Å². The number of amides is 2. The number of rotatable bonds is 7. The molecule has 0 aromatic heterocycles. The molecule has 0 saturated heterocycles. The van der Waals surface area contributed by atoms with Gasteiger partial charge in [0.05, 0.1) is 0 Å². The Morgan fingerprint density at radius 1 is 1.20 bits per heavy atom. The Hall–Kier alpha value is -1.06. The molecule has 0 fully saturated rings. The lowest BCUT2D eigenvalue weighted by atomic mass is 10.2. The Labute approximate surface area is 92.0 Å². The summed E-state index contributed by atoms with van der Waals surface area (Å²) in [5.74, 6) is 0.259. The molecule has 4 nitrogen and oxygen atoms in total. The molecule has 0 aliphatic heterocycles. The summed E-state index contributed by atoms with van der Waals surface area (Å²) in [6, 6.07) is 0. The summed E-state index contributed by atoms with van der Waals surface area (Å²) in [5.41, 5.74) is 0. The van der Waals surface area contributed by atoms with Crippen LogP contribution in [0.3, 0.4) is 0 Å². The second-order valence-electron chi connectivity index (χ2n) is 3.58. The van der Waals surface area contributed by atoms with Crippen LogP contribution in [0.1, 0.15) is 39.5 Å². The average molecular weight is 214 g/mol. The number of unbranched alkanes of at least 4 members (excludes halogenated alkanes) is 1. The highest BCUT2D eigenvalue weighted by Gasteiger charge is 2.05. The third kappa shape index (κ3) is 6.94. The zero-order chi connectivity index (χ0) is 11.7. The fourth-order valence-corrected chi connectivity index (χ4v) is 1.31. The maximum Gasteiger partial charge on any atom is 0.222 e. The van der Waals surface area contributed by atoms with Crippen molar-refractivity contribution in [2.24, 2.45) is 0 Å². The van der Waals surface area contributed by atoms with Crippen LogP contribution in [0.4, 0.5) is 0 Å². The molecule has 0 aromatic carbocycles. The monoisotopic (exact) mass is 214 g/mol. The molecule has 0 bridgehead atoms. The van der Waals surface area contributed by atoms with Crippen molar-refractivity contribution in [1.82, 2.24) is 10.2 Å². The van der Waals surface area contributed by atoms with Gasteiger partial charge in [-0.3, -0.25) is 9.59 Å². The summed E-state index contributed by atoms with van der Waals surface area (Å²) < 4.78 is 0. The maximum atomic E-state index is 11.2. The van der Waals surface area contributed by atoms with Gasteiger partial charge in [0.2, 0.25) is 11.8 Å². The van der Waals surface area contributed by atoms with Crippen molar-refractivity contribution in [3.63, 3.8) is 0 Å². The first-order chi connectivity index (χ1) is 7.11. The Morgan fingerprint density at radius 3 is 2.40 bits per heavy atom. The second kappa shape index (κ2) is 8.26. The predicted octanol–water partition coefficient (Wildman–Crippen LogP) is 1.16. The van der Waals surface area contributed by atoms with E-state index in [-0.39, 0.29) is 11.8 Å². The van der Waals surface area contributed by atoms with E-state index in [0.717, 1.165) is 19.4 Å². The van der Waals surface area contributed by atoms with Gasteiger partial charge in [0.25, 0.3) is 0 Å². The molecule has 2 amide bonds. The van der Waals surface area contributed by atoms with Crippen LogP contribution in [0.2, 0.25) is 0 Å². The average Bonchev–Trinajstić information content (AvgIpc) is 2.23. The minimum absolute atomic E-state index is 0.0990. The summed E-state index contributed by atoms with van der Waals surface area (Å²) in [7, 11) is 1.80. The lowest BCUT2D eigenvalue weighted by Crippen LogP contribution is -2.27. The quantitative estimate of drug-likeness (QED) is 0.647. The lowest BCUT2D eigenvalue weighted by molar-refractivity contribution is -0.129. The first-order valence-corrected chi connectivity index (χ1v) is 5.62. The van der Waals surface area contributed by atoms with Crippen LogP contribution in [0.15, 0.2) is 0 Å². The summed E-state index contributed by atoms with van der Waals surface area (Å²) >= 11 is 0. The Bertz CT molecular complexity index is 205. The van der Waals surface area contributed by atoms with Crippen LogP contribution in [-0.4, -0.2) is 36.9 Å².